The molecular formula is C17H24O5. The summed E-state index contributed by atoms with van der Waals surface area (Å²) in [5.41, 5.74) is 0.973. The van der Waals surface area contributed by atoms with Crippen molar-refractivity contribution in [3.05, 3.63) is 35.9 Å². The molecule has 1 aromatic rings. The zero-order valence-corrected chi connectivity index (χ0v) is 13.2. The minimum atomic E-state index is -0.368. The van der Waals surface area contributed by atoms with Crippen LogP contribution in [0.1, 0.15) is 30.9 Å². The van der Waals surface area contributed by atoms with Crippen molar-refractivity contribution in [1.29, 1.82) is 0 Å². The summed E-state index contributed by atoms with van der Waals surface area (Å²) in [5.74, 6) is 0.0836. The second-order valence-electron chi connectivity index (χ2n) is 5.41. The molecule has 0 saturated heterocycles. The molecule has 0 radical (unpaired) electrons. The van der Waals surface area contributed by atoms with Gasteiger partial charge in [-0.2, -0.15) is 0 Å². The Bertz CT molecular complexity index is 448. The van der Waals surface area contributed by atoms with Crippen LogP contribution in [0.15, 0.2) is 30.3 Å². The zero-order chi connectivity index (χ0) is 15.8. The Balaban J connectivity index is 2.23. The van der Waals surface area contributed by atoms with Crippen LogP contribution in [0.3, 0.4) is 0 Å². The lowest BCUT2D eigenvalue weighted by molar-refractivity contribution is -0.176. The third kappa shape index (κ3) is 4.36. The van der Waals surface area contributed by atoms with E-state index in [4.69, 9.17) is 18.9 Å². The first-order valence-corrected chi connectivity index (χ1v) is 7.56. The smallest absolute Gasteiger partial charge is 0.147 e. The Kier molecular flexibility index (Phi) is 6.99. The van der Waals surface area contributed by atoms with E-state index in [0.717, 1.165) is 18.4 Å². The lowest BCUT2D eigenvalue weighted by atomic mass is 9.91. The molecule has 0 aromatic heterocycles. The first kappa shape index (κ1) is 17.1. The first-order valence-electron chi connectivity index (χ1n) is 7.56. The molecule has 1 saturated carbocycles. The van der Waals surface area contributed by atoms with Gasteiger partial charge in [-0.15, -0.1) is 0 Å². The van der Waals surface area contributed by atoms with Crippen LogP contribution in [-0.2, 0) is 23.7 Å². The highest BCUT2D eigenvalue weighted by Crippen LogP contribution is 2.35. The van der Waals surface area contributed by atoms with E-state index < -0.39 is 0 Å². The maximum Gasteiger partial charge on any atom is 0.147 e. The summed E-state index contributed by atoms with van der Waals surface area (Å²) >= 11 is 0. The molecule has 0 heterocycles. The van der Waals surface area contributed by atoms with E-state index in [1.54, 1.807) is 14.2 Å². The van der Waals surface area contributed by atoms with Crippen molar-refractivity contribution in [3.63, 3.8) is 0 Å². The van der Waals surface area contributed by atoms with Crippen molar-refractivity contribution in [2.75, 3.05) is 27.8 Å². The molecule has 0 N–H and O–H groups in total. The number of Topliss-reactive ketones (excluding diaryl/α,β-unsaturated/α-hetero) is 1. The van der Waals surface area contributed by atoms with Crippen molar-refractivity contribution < 1.29 is 23.7 Å². The van der Waals surface area contributed by atoms with Crippen molar-refractivity contribution in [3.8, 4) is 0 Å². The highest BCUT2D eigenvalue weighted by atomic mass is 16.7. The van der Waals surface area contributed by atoms with Crippen LogP contribution in [0.5, 0.6) is 0 Å². The van der Waals surface area contributed by atoms with Gasteiger partial charge in [0, 0.05) is 26.6 Å². The molecule has 0 amide bonds. The highest BCUT2D eigenvalue weighted by molar-refractivity contribution is 5.83. The van der Waals surface area contributed by atoms with Gasteiger partial charge in [-0.3, -0.25) is 4.79 Å². The summed E-state index contributed by atoms with van der Waals surface area (Å²) in [5, 5.41) is 0. The maximum absolute atomic E-state index is 12.2. The topological polar surface area (TPSA) is 54.0 Å². The lowest BCUT2D eigenvalue weighted by Gasteiger charge is -2.31. The minimum absolute atomic E-state index is 0.133. The van der Waals surface area contributed by atoms with Crippen LogP contribution in [-0.4, -0.2) is 39.7 Å². The van der Waals surface area contributed by atoms with Crippen LogP contribution in [0.25, 0.3) is 0 Å². The molecule has 1 aliphatic rings. The van der Waals surface area contributed by atoms with E-state index in [2.05, 4.69) is 0 Å². The van der Waals surface area contributed by atoms with Gasteiger partial charge in [0.25, 0.3) is 0 Å². The van der Waals surface area contributed by atoms with E-state index in [-0.39, 0.29) is 37.5 Å². The molecule has 122 valence electrons. The number of carbonyl (C=O) groups is 1. The van der Waals surface area contributed by atoms with Gasteiger partial charge in [-0.1, -0.05) is 30.3 Å². The summed E-state index contributed by atoms with van der Waals surface area (Å²) in [7, 11) is 3.15. The molecule has 1 fully saturated rings. The average Bonchev–Trinajstić information content (AvgIpc) is 2.97. The highest BCUT2D eigenvalue weighted by Gasteiger charge is 2.39. The molecule has 0 aliphatic heterocycles. The second kappa shape index (κ2) is 9.00. The molecule has 5 nitrogen and oxygen atoms in total. The van der Waals surface area contributed by atoms with Crippen molar-refractivity contribution in [2.45, 2.75) is 31.5 Å². The van der Waals surface area contributed by atoms with Crippen LogP contribution in [0.2, 0.25) is 0 Å². The van der Waals surface area contributed by atoms with Gasteiger partial charge in [-0.05, 0) is 18.4 Å². The molecule has 3 atom stereocenters. The molecule has 1 aromatic carbocycles. The number of ketones is 1. The van der Waals surface area contributed by atoms with Gasteiger partial charge in [-0.25, -0.2) is 0 Å². The number of benzene rings is 1. The number of ether oxygens (including phenoxy) is 4. The van der Waals surface area contributed by atoms with Gasteiger partial charge in [0.15, 0.2) is 0 Å². The molecule has 0 spiro atoms. The largest absolute Gasteiger partial charge is 0.359 e. The predicted molar refractivity (Wildman–Crippen MR) is 81.2 cm³/mol. The number of carbonyl (C=O) groups excluding carboxylic acids is 1. The van der Waals surface area contributed by atoms with Crippen molar-refractivity contribution in [1.82, 2.24) is 0 Å². The number of hydrogen-bond acceptors (Lipinski definition) is 5. The van der Waals surface area contributed by atoms with E-state index in [0.29, 0.717) is 6.42 Å². The summed E-state index contributed by atoms with van der Waals surface area (Å²) in [6.07, 6.45) is 1.62. The van der Waals surface area contributed by atoms with Crippen molar-refractivity contribution in [2.24, 2.45) is 5.92 Å². The molecule has 5 heteroatoms. The Hall–Kier alpha value is -1.27. The van der Waals surface area contributed by atoms with E-state index >= 15 is 0 Å². The van der Waals surface area contributed by atoms with Gasteiger partial charge in [0.2, 0.25) is 0 Å². The zero-order valence-electron chi connectivity index (χ0n) is 13.2. The Morgan fingerprint density at radius 1 is 1.09 bits per heavy atom. The fourth-order valence-electron chi connectivity index (χ4n) is 2.92. The van der Waals surface area contributed by atoms with E-state index in [9.17, 15) is 4.79 Å². The van der Waals surface area contributed by atoms with Crippen LogP contribution in [0, 0.1) is 5.92 Å². The monoisotopic (exact) mass is 308 g/mol. The average molecular weight is 308 g/mol. The van der Waals surface area contributed by atoms with Gasteiger partial charge >= 0.3 is 0 Å². The van der Waals surface area contributed by atoms with Crippen LogP contribution < -0.4 is 0 Å². The van der Waals surface area contributed by atoms with E-state index in [1.807, 2.05) is 30.3 Å². The molecule has 1 aliphatic carbocycles. The SMILES string of the molecule is COCO[C@H]([C@H](OCOC)c1ccccc1)[C@H]1CCCC1=O. The van der Waals surface area contributed by atoms with Crippen molar-refractivity contribution >= 4 is 5.78 Å². The van der Waals surface area contributed by atoms with E-state index in [1.165, 1.54) is 0 Å². The minimum Gasteiger partial charge on any atom is -0.359 e. The standard InChI is InChI=1S/C17H24O5/c1-19-11-21-16(13-7-4-3-5-8-13)17(22-12-20-2)14-9-6-10-15(14)18/h3-5,7-8,14,16-17H,6,9-12H2,1-2H3/t14-,16+,17-/m0/s1. The van der Waals surface area contributed by atoms with Gasteiger partial charge in [0.1, 0.15) is 31.6 Å². The molecule has 22 heavy (non-hydrogen) atoms. The summed E-state index contributed by atoms with van der Waals surface area (Å²) in [6, 6.07) is 9.79. The quantitative estimate of drug-likeness (QED) is 0.657. The predicted octanol–water partition coefficient (Wildman–Crippen LogP) is 2.71. The normalized spacial score (nSPS) is 21.0. The molecule has 0 bridgehead atoms. The molecule has 2 rings (SSSR count). The fraction of sp³-hybridized carbons (Fsp3) is 0.588. The number of rotatable bonds is 9. The van der Waals surface area contributed by atoms with Gasteiger partial charge in [0.05, 0.1) is 0 Å². The van der Waals surface area contributed by atoms with Gasteiger partial charge < -0.3 is 18.9 Å². The summed E-state index contributed by atoms with van der Waals surface area (Å²) < 4.78 is 21.8. The third-order valence-corrected chi connectivity index (χ3v) is 3.92. The number of hydrogen-bond donors (Lipinski definition) is 0. The maximum atomic E-state index is 12.2. The Morgan fingerprint density at radius 3 is 2.36 bits per heavy atom. The summed E-state index contributed by atoms with van der Waals surface area (Å²) in [4.78, 5) is 12.2. The summed E-state index contributed by atoms with van der Waals surface area (Å²) in [6.45, 7) is 0.279. The lowest BCUT2D eigenvalue weighted by Crippen LogP contribution is -2.35. The first-order chi connectivity index (χ1) is 10.8. The Labute approximate surface area is 131 Å². The fourth-order valence-corrected chi connectivity index (χ4v) is 2.92. The third-order valence-electron chi connectivity index (χ3n) is 3.92. The second-order valence-corrected chi connectivity index (χ2v) is 5.41. The van der Waals surface area contributed by atoms with Crippen LogP contribution >= 0.6 is 0 Å². The van der Waals surface area contributed by atoms with Crippen LogP contribution in [0.4, 0.5) is 0 Å². The number of methoxy groups -OCH3 is 2. The Morgan fingerprint density at radius 2 is 1.77 bits per heavy atom. The molecular weight excluding hydrogens is 284 g/mol. The molecule has 0 unspecified atom stereocenters.